The third kappa shape index (κ3) is 7.50. The van der Waals surface area contributed by atoms with Crippen LogP contribution in [0.5, 0.6) is 0 Å². The van der Waals surface area contributed by atoms with Crippen molar-refractivity contribution in [3.8, 4) is 11.3 Å². The van der Waals surface area contributed by atoms with Gasteiger partial charge in [0.25, 0.3) is 0 Å². The predicted molar refractivity (Wildman–Crippen MR) is 130 cm³/mol. The van der Waals surface area contributed by atoms with Crippen molar-refractivity contribution in [2.45, 2.75) is 38.4 Å². The molecule has 194 valence electrons. The highest BCUT2D eigenvalue weighted by Gasteiger charge is 2.31. The molecule has 2 aromatic carbocycles. The average Bonchev–Trinajstić information content (AvgIpc) is 2.84. The highest BCUT2D eigenvalue weighted by Crippen LogP contribution is 2.32. The van der Waals surface area contributed by atoms with Crippen molar-refractivity contribution in [1.82, 2.24) is 15.3 Å². The first kappa shape index (κ1) is 27.6. The molecule has 0 bridgehead atoms. The quantitative estimate of drug-likeness (QED) is 0.388. The number of hydrogen-bond acceptors (Lipinski definition) is 5. The van der Waals surface area contributed by atoms with Gasteiger partial charge in [-0.25, -0.2) is 14.9 Å². The Kier molecular flexibility index (Phi) is 8.82. The molecule has 37 heavy (non-hydrogen) atoms. The Labute approximate surface area is 215 Å². The van der Waals surface area contributed by atoms with E-state index in [1.54, 1.807) is 30.3 Å². The largest absolute Gasteiger partial charge is 0.480 e. The molecular weight excluding hydrogens is 513 g/mol. The zero-order valence-electron chi connectivity index (χ0n) is 19.5. The van der Waals surface area contributed by atoms with Crippen molar-refractivity contribution in [3.63, 3.8) is 0 Å². The minimum Gasteiger partial charge on any atom is -0.480 e. The SMILES string of the molecule is CC(NC(=O)CCCC(=O)N(c1ccc(C(F)(F)F)cc1)c1nccc(-c2cccc(Cl)c2)n1)C(=O)O. The molecule has 0 fully saturated rings. The van der Waals surface area contributed by atoms with E-state index in [-0.39, 0.29) is 30.9 Å². The van der Waals surface area contributed by atoms with Crippen LogP contribution in [0.4, 0.5) is 24.8 Å². The summed E-state index contributed by atoms with van der Waals surface area (Å²) >= 11 is 6.06. The number of alkyl halides is 3. The Morgan fingerprint density at radius 2 is 1.78 bits per heavy atom. The number of nitrogens with one attached hydrogen (secondary N) is 1. The molecular formula is C25H22ClF3N4O4. The highest BCUT2D eigenvalue weighted by molar-refractivity contribution is 6.30. The van der Waals surface area contributed by atoms with Gasteiger partial charge < -0.3 is 10.4 Å². The number of aromatic nitrogens is 2. The van der Waals surface area contributed by atoms with E-state index >= 15 is 0 Å². The van der Waals surface area contributed by atoms with Crippen LogP contribution in [-0.4, -0.2) is 38.9 Å². The molecule has 8 nitrogen and oxygen atoms in total. The van der Waals surface area contributed by atoms with Crippen LogP contribution in [-0.2, 0) is 20.6 Å². The highest BCUT2D eigenvalue weighted by atomic mass is 35.5. The van der Waals surface area contributed by atoms with Gasteiger partial charge in [0.1, 0.15) is 6.04 Å². The molecule has 0 radical (unpaired) electrons. The van der Waals surface area contributed by atoms with Gasteiger partial charge in [-0.2, -0.15) is 13.2 Å². The van der Waals surface area contributed by atoms with Crippen LogP contribution in [0.1, 0.15) is 31.7 Å². The van der Waals surface area contributed by atoms with E-state index in [2.05, 4.69) is 15.3 Å². The lowest BCUT2D eigenvalue weighted by Gasteiger charge is -2.22. The third-order valence-electron chi connectivity index (χ3n) is 5.21. The maximum absolute atomic E-state index is 13.2. The molecule has 3 rings (SSSR count). The van der Waals surface area contributed by atoms with Gasteiger partial charge in [-0.05, 0) is 55.8 Å². The van der Waals surface area contributed by atoms with Gasteiger partial charge in [-0.1, -0.05) is 23.7 Å². The fraction of sp³-hybridized carbons (Fsp3) is 0.240. The molecule has 0 aliphatic heterocycles. The summed E-state index contributed by atoms with van der Waals surface area (Å²) in [6.07, 6.45) is -3.41. The van der Waals surface area contributed by atoms with E-state index in [0.29, 0.717) is 16.3 Å². The molecule has 1 aromatic heterocycles. The maximum atomic E-state index is 13.2. The van der Waals surface area contributed by atoms with Crippen molar-refractivity contribution in [2.24, 2.45) is 0 Å². The Morgan fingerprint density at radius 3 is 2.41 bits per heavy atom. The smallest absolute Gasteiger partial charge is 0.416 e. The van der Waals surface area contributed by atoms with Crippen LogP contribution in [0.2, 0.25) is 5.02 Å². The molecule has 0 saturated heterocycles. The van der Waals surface area contributed by atoms with Gasteiger partial charge in [0.05, 0.1) is 16.9 Å². The number of rotatable bonds is 9. The van der Waals surface area contributed by atoms with E-state index in [1.807, 2.05) is 0 Å². The molecule has 0 saturated carbocycles. The van der Waals surface area contributed by atoms with E-state index in [1.165, 1.54) is 13.1 Å². The minimum atomic E-state index is -4.56. The lowest BCUT2D eigenvalue weighted by Crippen LogP contribution is -2.38. The molecule has 1 heterocycles. The number of amides is 2. The number of nitrogens with zero attached hydrogens (tertiary/aromatic N) is 3. The zero-order valence-corrected chi connectivity index (χ0v) is 20.3. The van der Waals surface area contributed by atoms with E-state index in [0.717, 1.165) is 29.2 Å². The number of carboxylic acids is 1. The summed E-state index contributed by atoms with van der Waals surface area (Å²) in [4.78, 5) is 45.7. The van der Waals surface area contributed by atoms with Crippen molar-refractivity contribution < 1.29 is 32.7 Å². The first-order valence-corrected chi connectivity index (χ1v) is 11.4. The Hall–Kier alpha value is -3.99. The van der Waals surface area contributed by atoms with Crippen molar-refractivity contribution in [3.05, 3.63) is 71.4 Å². The molecule has 0 spiro atoms. The molecule has 12 heteroatoms. The number of carboxylic acid groups (broad SMARTS) is 1. The number of hydrogen-bond donors (Lipinski definition) is 2. The van der Waals surface area contributed by atoms with Crippen molar-refractivity contribution in [1.29, 1.82) is 0 Å². The predicted octanol–water partition coefficient (Wildman–Crippen LogP) is 5.24. The number of anilines is 2. The standard InChI is InChI=1S/C25H22ClF3N4O4/c1-15(23(36)37)31-21(34)6-3-7-22(35)33(19-10-8-17(9-11-19)25(27,28)29)24-30-13-12-20(32-24)16-4-2-5-18(26)14-16/h2,4-5,8-15H,3,6-7H2,1H3,(H,31,34)(H,36,37). The van der Waals surface area contributed by atoms with Crippen LogP contribution in [0.25, 0.3) is 11.3 Å². The second kappa shape index (κ2) is 11.8. The maximum Gasteiger partial charge on any atom is 0.416 e. The summed E-state index contributed by atoms with van der Waals surface area (Å²) in [6.45, 7) is 1.31. The monoisotopic (exact) mass is 534 g/mol. The fourth-order valence-electron chi connectivity index (χ4n) is 3.32. The summed E-state index contributed by atoms with van der Waals surface area (Å²) in [5, 5.41) is 11.6. The van der Waals surface area contributed by atoms with Gasteiger partial charge in [0.15, 0.2) is 0 Å². The molecule has 2 N–H and O–H groups in total. The molecule has 1 unspecified atom stereocenters. The summed E-state index contributed by atoms with van der Waals surface area (Å²) < 4.78 is 39.2. The van der Waals surface area contributed by atoms with Crippen molar-refractivity contribution in [2.75, 3.05) is 4.90 Å². The van der Waals surface area contributed by atoms with E-state index < -0.39 is 35.6 Å². The van der Waals surface area contributed by atoms with Gasteiger partial charge >= 0.3 is 12.1 Å². The average molecular weight is 535 g/mol. The van der Waals surface area contributed by atoms with E-state index in [4.69, 9.17) is 16.7 Å². The second-order valence-electron chi connectivity index (χ2n) is 8.01. The molecule has 3 aromatic rings. The van der Waals surface area contributed by atoms with Crippen LogP contribution >= 0.6 is 11.6 Å². The third-order valence-corrected chi connectivity index (χ3v) is 5.44. The second-order valence-corrected chi connectivity index (χ2v) is 8.44. The lowest BCUT2D eigenvalue weighted by molar-refractivity contribution is -0.141. The molecule has 0 aliphatic rings. The fourth-order valence-corrected chi connectivity index (χ4v) is 3.51. The van der Waals surface area contributed by atoms with Crippen LogP contribution in [0, 0.1) is 0 Å². The minimum absolute atomic E-state index is 0.0577. The molecule has 2 amide bonds. The summed E-state index contributed by atoms with van der Waals surface area (Å²) in [5.74, 6) is -2.40. The molecule has 0 aliphatic carbocycles. The summed E-state index contributed by atoms with van der Waals surface area (Å²) in [6, 6.07) is 11.3. The molecule has 1 atom stereocenters. The van der Waals surface area contributed by atoms with Crippen LogP contribution < -0.4 is 10.2 Å². The Morgan fingerprint density at radius 1 is 1.08 bits per heavy atom. The number of aliphatic carboxylic acids is 1. The van der Waals surface area contributed by atoms with Crippen LogP contribution in [0.3, 0.4) is 0 Å². The summed E-state index contributed by atoms with van der Waals surface area (Å²) in [5.41, 5.74) is 0.283. The normalized spacial score (nSPS) is 12.0. The zero-order chi connectivity index (χ0) is 27.2. The first-order valence-electron chi connectivity index (χ1n) is 11.1. The Balaban J connectivity index is 1.87. The van der Waals surface area contributed by atoms with Gasteiger partial charge in [0.2, 0.25) is 17.8 Å². The van der Waals surface area contributed by atoms with Gasteiger partial charge in [-0.3, -0.25) is 14.4 Å². The Bertz CT molecular complexity index is 1290. The first-order chi connectivity index (χ1) is 17.5. The number of benzene rings is 2. The lowest BCUT2D eigenvalue weighted by atomic mass is 10.1. The number of halogens is 4. The van der Waals surface area contributed by atoms with Gasteiger partial charge in [0, 0.05) is 29.6 Å². The van der Waals surface area contributed by atoms with Crippen LogP contribution in [0.15, 0.2) is 60.8 Å². The van der Waals surface area contributed by atoms with E-state index in [9.17, 15) is 27.6 Å². The topological polar surface area (TPSA) is 112 Å². The summed E-state index contributed by atoms with van der Waals surface area (Å²) in [7, 11) is 0. The number of carbonyl (C=O) groups excluding carboxylic acids is 2. The van der Waals surface area contributed by atoms with Gasteiger partial charge in [-0.15, -0.1) is 0 Å². The number of carbonyl (C=O) groups is 3. The van der Waals surface area contributed by atoms with Crippen molar-refractivity contribution >= 4 is 41.0 Å².